The number of anilines is 2. The van der Waals surface area contributed by atoms with Crippen molar-refractivity contribution in [2.24, 2.45) is 0 Å². The summed E-state index contributed by atoms with van der Waals surface area (Å²) in [4.78, 5) is 4.50. The quantitative estimate of drug-likeness (QED) is 0.884. The predicted octanol–water partition coefficient (Wildman–Crippen LogP) is 3.54. The van der Waals surface area contributed by atoms with Crippen LogP contribution in [0.2, 0.25) is 0 Å². The lowest BCUT2D eigenvalue weighted by Gasteiger charge is -2.22. The van der Waals surface area contributed by atoms with Crippen LogP contribution in [-0.4, -0.2) is 21.2 Å². The van der Waals surface area contributed by atoms with Gasteiger partial charge in [-0.1, -0.05) is 49.1 Å². The summed E-state index contributed by atoms with van der Waals surface area (Å²) in [5.41, 5.74) is 2.50. The summed E-state index contributed by atoms with van der Waals surface area (Å²) in [6.45, 7) is 2.83. The SMILES string of the molecule is Cc1ccc(CNc2cnnc(NC3CCCCC3)n2)cc1. The minimum absolute atomic E-state index is 0.489. The maximum absolute atomic E-state index is 4.50. The fraction of sp³-hybridized carbons (Fsp3) is 0.471. The first kappa shape index (κ1) is 14.8. The average molecular weight is 297 g/mol. The molecule has 1 saturated carbocycles. The molecule has 5 heteroatoms. The monoisotopic (exact) mass is 297 g/mol. The number of benzene rings is 1. The van der Waals surface area contributed by atoms with Gasteiger partial charge in [0.2, 0.25) is 5.95 Å². The van der Waals surface area contributed by atoms with Gasteiger partial charge in [-0.25, -0.2) is 0 Å². The highest BCUT2D eigenvalue weighted by Gasteiger charge is 2.14. The van der Waals surface area contributed by atoms with Gasteiger partial charge in [0.25, 0.3) is 0 Å². The van der Waals surface area contributed by atoms with Crippen molar-refractivity contribution in [2.45, 2.75) is 51.6 Å². The van der Waals surface area contributed by atoms with Crippen molar-refractivity contribution in [1.82, 2.24) is 15.2 Å². The van der Waals surface area contributed by atoms with Gasteiger partial charge in [-0.05, 0) is 25.3 Å². The van der Waals surface area contributed by atoms with E-state index in [2.05, 4.69) is 57.0 Å². The summed E-state index contributed by atoms with van der Waals surface area (Å²) in [7, 11) is 0. The summed E-state index contributed by atoms with van der Waals surface area (Å²) >= 11 is 0. The summed E-state index contributed by atoms with van der Waals surface area (Å²) < 4.78 is 0. The fourth-order valence-corrected chi connectivity index (χ4v) is 2.78. The molecule has 0 atom stereocenters. The highest BCUT2D eigenvalue weighted by atomic mass is 15.3. The van der Waals surface area contributed by atoms with Gasteiger partial charge in [-0.3, -0.25) is 0 Å². The van der Waals surface area contributed by atoms with E-state index in [1.165, 1.54) is 43.2 Å². The summed E-state index contributed by atoms with van der Waals surface area (Å²) in [5, 5.41) is 14.8. The number of rotatable bonds is 5. The van der Waals surface area contributed by atoms with E-state index in [0.29, 0.717) is 12.0 Å². The standard InChI is InChI=1S/C17H23N5/c1-13-7-9-14(10-8-13)11-18-16-12-19-22-17(21-16)20-15-5-3-2-4-6-15/h7-10,12,15H,2-6,11H2,1H3,(H2,18,20,21,22). The lowest BCUT2D eigenvalue weighted by atomic mass is 9.96. The normalized spacial score (nSPS) is 15.5. The van der Waals surface area contributed by atoms with Crippen molar-refractivity contribution in [1.29, 1.82) is 0 Å². The van der Waals surface area contributed by atoms with Crippen LogP contribution in [0.4, 0.5) is 11.8 Å². The van der Waals surface area contributed by atoms with Crippen molar-refractivity contribution in [2.75, 3.05) is 10.6 Å². The Morgan fingerprint density at radius 2 is 1.86 bits per heavy atom. The Hall–Kier alpha value is -2.17. The zero-order chi connectivity index (χ0) is 15.2. The van der Waals surface area contributed by atoms with Crippen LogP contribution in [0.3, 0.4) is 0 Å². The molecule has 0 spiro atoms. The number of hydrogen-bond donors (Lipinski definition) is 2. The predicted molar refractivity (Wildman–Crippen MR) is 88.8 cm³/mol. The molecule has 3 rings (SSSR count). The second-order valence-electron chi connectivity index (χ2n) is 5.98. The van der Waals surface area contributed by atoms with Crippen LogP contribution in [0.25, 0.3) is 0 Å². The highest BCUT2D eigenvalue weighted by molar-refractivity contribution is 5.38. The smallest absolute Gasteiger partial charge is 0.244 e. The minimum Gasteiger partial charge on any atom is -0.365 e. The number of aromatic nitrogens is 3. The molecule has 0 amide bonds. The van der Waals surface area contributed by atoms with E-state index in [0.717, 1.165) is 12.4 Å². The third kappa shape index (κ3) is 4.16. The zero-order valence-corrected chi connectivity index (χ0v) is 13.0. The van der Waals surface area contributed by atoms with E-state index >= 15 is 0 Å². The Morgan fingerprint density at radius 3 is 2.64 bits per heavy atom. The van der Waals surface area contributed by atoms with E-state index < -0.39 is 0 Å². The Kier molecular flexibility index (Phi) is 4.83. The largest absolute Gasteiger partial charge is 0.365 e. The number of nitrogens with zero attached hydrogens (tertiary/aromatic N) is 3. The first-order valence-electron chi connectivity index (χ1n) is 8.05. The molecule has 0 saturated heterocycles. The third-order valence-electron chi connectivity index (χ3n) is 4.09. The van der Waals surface area contributed by atoms with Crippen molar-refractivity contribution in [3.05, 3.63) is 41.6 Å². The first-order chi connectivity index (χ1) is 10.8. The van der Waals surface area contributed by atoms with Crippen LogP contribution in [0.15, 0.2) is 30.5 Å². The topological polar surface area (TPSA) is 62.7 Å². The molecule has 1 aromatic heterocycles. The van der Waals surface area contributed by atoms with Gasteiger partial charge in [-0.15, -0.1) is 5.10 Å². The molecule has 0 aliphatic heterocycles. The van der Waals surface area contributed by atoms with Crippen LogP contribution in [0.1, 0.15) is 43.2 Å². The second kappa shape index (κ2) is 7.20. The van der Waals surface area contributed by atoms with Gasteiger partial charge in [-0.2, -0.15) is 10.1 Å². The summed E-state index contributed by atoms with van der Waals surface area (Å²) in [6.07, 6.45) is 7.98. The molecule has 1 fully saturated rings. The first-order valence-corrected chi connectivity index (χ1v) is 8.05. The number of nitrogens with one attached hydrogen (secondary N) is 2. The molecule has 1 aliphatic rings. The Labute approximate surface area is 131 Å². The Balaban J connectivity index is 1.57. The van der Waals surface area contributed by atoms with Crippen molar-refractivity contribution < 1.29 is 0 Å². The molecule has 2 N–H and O–H groups in total. The van der Waals surface area contributed by atoms with Crippen LogP contribution in [0.5, 0.6) is 0 Å². The minimum atomic E-state index is 0.489. The molecule has 22 heavy (non-hydrogen) atoms. The van der Waals surface area contributed by atoms with Gasteiger partial charge in [0.15, 0.2) is 5.82 Å². The molecular formula is C17H23N5. The van der Waals surface area contributed by atoms with E-state index in [9.17, 15) is 0 Å². The van der Waals surface area contributed by atoms with Crippen molar-refractivity contribution >= 4 is 11.8 Å². The molecular weight excluding hydrogens is 274 g/mol. The number of hydrogen-bond acceptors (Lipinski definition) is 5. The van der Waals surface area contributed by atoms with Gasteiger partial charge < -0.3 is 10.6 Å². The summed E-state index contributed by atoms with van der Waals surface area (Å²) in [6, 6.07) is 8.97. The zero-order valence-electron chi connectivity index (χ0n) is 13.0. The summed E-state index contributed by atoms with van der Waals surface area (Å²) in [5.74, 6) is 1.38. The molecule has 1 heterocycles. The highest BCUT2D eigenvalue weighted by Crippen LogP contribution is 2.20. The van der Waals surface area contributed by atoms with E-state index in [4.69, 9.17) is 0 Å². The molecule has 0 radical (unpaired) electrons. The third-order valence-corrected chi connectivity index (χ3v) is 4.09. The van der Waals surface area contributed by atoms with E-state index in [1.54, 1.807) is 6.20 Å². The molecule has 5 nitrogen and oxygen atoms in total. The maximum atomic E-state index is 4.50. The Bertz CT molecular complexity index is 590. The second-order valence-corrected chi connectivity index (χ2v) is 5.98. The molecule has 2 aromatic rings. The van der Waals surface area contributed by atoms with Crippen molar-refractivity contribution in [3.63, 3.8) is 0 Å². The molecule has 0 unspecified atom stereocenters. The van der Waals surface area contributed by atoms with Crippen LogP contribution >= 0.6 is 0 Å². The van der Waals surface area contributed by atoms with Crippen LogP contribution in [-0.2, 0) is 6.54 Å². The van der Waals surface area contributed by atoms with Gasteiger partial charge in [0.05, 0.1) is 6.20 Å². The fourth-order valence-electron chi connectivity index (χ4n) is 2.78. The van der Waals surface area contributed by atoms with Crippen molar-refractivity contribution in [3.8, 4) is 0 Å². The van der Waals surface area contributed by atoms with Crippen LogP contribution in [0, 0.1) is 6.92 Å². The van der Waals surface area contributed by atoms with Gasteiger partial charge in [0.1, 0.15) is 0 Å². The lowest BCUT2D eigenvalue weighted by Crippen LogP contribution is -2.23. The Morgan fingerprint density at radius 1 is 1.09 bits per heavy atom. The van der Waals surface area contributed by atoms with E-state index in [1.807, 2.05) is 0 Å². The number of aryl methyl sites for hydroxylation is 1. The lowest BCUT2D eigenvalue weighted by molar-refractivity contribution is 0.460. The molecule has 0 bridgehead atoms. The van der Waals surface area contributed by atoms with Gasteiger partial charge in [0, 0.05) is 12.6 Å². The molecule has 1 aliphatic carbocycles. The molecule has 1 aromatic carbocycles. The van der Waals surface area contributed by atoms with Gasteiger partial charge >= 0.3 is 0 Å². The average Bonchev–Trinajstić information content (AvgIpc) is 2.56. The molecule has 116 valence electrons. The van der Waals surface area contributed by atoms with Crippen LogP contribution < -0.4 is 10.6 Å². The maximum Gasteiger partial charge on any atom is 0.244 e. The van der Waals surface area contributed by atoms with E-state index in [-0.39, 0.29) is 0 Å².